The zero-order valence-corrected chi connectivity index (χ0v) is 21.7. The summed E-state index contributed by atoms with van der Waals surface area (Å²) >= 11 is 0. The van der Waals surface area contributed by atoms with Crippen LogP contribution in [-0.4, -0.2) is 38.1 Å². The minimum atomic E-state index is 0.236. The monoisotopic (exact) mass is 446 g/mol. The lowest BCUT2D eigenvalue weighted by Crippen LogP contribution is -2.36. The number of aliphatic hydroxyl groups excluding tert-OH is 1. The Bertz CT molecular complexity index is 637. The fourth-order valence-electron chi connectivity index (χ4n) is 7.50. The number of aliphatic hydroxyl groups is 1. The van der Waals surface area contributed by atoms with E-state index in [4.69, 9.17) is 9.47 Å². The van der Waals surface area contributed by atoms with Crippen LogP contribution in [0.3, 0.4) is 0 Å². The van der Waals surface area contributed by atoms with Crippen LogP contribution >= 0.6 is 0 Å². The summed E-state index contributed by atoms with van der Waals surface area (Å²) in [5.41, 5.74) is 3.63. The van der Waals surface area contributed by atoms with E-state index in [1.165, 1.54) is 56.9 Å². The number of rotatable bonds is 9. The Morgan fingerprint density at radius 1 is 1.12 bits per heavy atom. The molecule has 0 bridgehead atoms. The fraction of sp³-hybridized carbons (Fsp3) is 0.862. The van der Waals surface area contributed by atoms with Crippen LogP contribution in [0.4, 0.5) is 0 Å². The maximum atomic E-state index is 9.85. The molecular weight excluding hydrogens is 396 g/mol. The molecular formula is C29H50O3. The van der Waals surface area contributed by atoms with E-state index in [0.29, 0.717) is 23.4 Å². The molecule has 184 valence electrons. The standard InChI is InChI=1S/C29H50O3/c1-20(9-7-10-21(2)31-5)26-14-15-27-24(11-8-16-29(26,27)4)13-12-23-17-25(19-30)22(3)28(18-23)32-6/h12-13,20-22,25-28,30H,7-11,14-19H2,1-6H3/b23-12-,24-13+/t20?,21?,22-,25+,26?,27?,28-,29-/m1/s1. The van der Waals surface area contributed by atoms with Crippen molar-refractivity contribution in [1.29, 1.82) is 0 Å². The fourth-order valence-corrected chi connectivity index (χ4v) is 7.50. The summed E-state index contributed by atoms with van der Waals surface area (Å²) in [7, 11) is 3.65. The molecule has 3 rings (SSSR count). The van der Waals surface area contributed by atoms with E-state index in [9.17, 15) is 5.11 Å². The van der Waals surface area contributed by atoms with Crippen LogP contribution < -0.4 is 0 Å². The number of fused-ring (bicyclic) bond motifs is 1. The third-order valence-corrected chi connectivity index (χ3v) is 9.79. The van der Waals surface area contributed by atoms with Gasteiger partial charge >= 0.3 is 0 Å². The predicted molar refractivity (Wildman–Crippen MR) is 134 cm³/mol. The van der Waals surface area contributed by atoms with Crippen LogP contribution in [0.1, 0.15) is 91.9 Å². The van der Waals surface area contributed by atoms with Crippen molar-refractivity contribution in [1.82, 2.24) is 0 Å². The molecule has 0 aromatic rings. The maximum absolute atomic E-state index is 9.85. The number of ether oxygens (including phenoxy) is 2. The minimum Gasteiger partial charge on any atom is -0.396 e. The summed E-state index contributed by atoms with van der Waals surface area (Å²) < 4.78 is 11.2. The van der Waals surface area contributed by atoms with Crippen LogP contribution in [-0.2, 0) is 9.47 Å². The molecule has 0 heterocycles. The summed E-state index contributed by atoms with van der Waals surface area (Å²) in [5, 5.41) is 9.85. The van der Waals surface area contributed by atoms with Crippen molar-refractivity contribution in [3.63, 3.8) is 0 Å². The van der Waals surface area contributed by atoms with Gasteiger partial charge in [-0.25, -0.2) is 0 Å². The molecule has 3 nitrogen and oxygen atoms in total. The zero-order chi connectivity index (χ0) is 23.3. The van der Waals surface area contributed by atoms with E-state index >= 15 is 0 Å². The Labute approximate surface area is 198 Å². The van der Waals surface area contributed by atoms with Gasteiger partial charge in [-0.1, -0.05) is 56.9 Å². The van der Waals surface area contributed by atoms with Crippen LogP contribution in [0, 0.1) is 35.0 Å². The quantitative estimate of drug-likeness (QED) is 0.416. The van der Waals surface area contributed by atoms with Gasteiger partial charge in [0.1, 0.15) is 0 Å². The first-order valence-corrected chi connectivity index (χ1v) is 13.4. The van der Waals surface area contributed by atoms with Crippen molar-refractivity contribution in [3.8, 4) is 0 Å². The van der Waals surface area contributed by atoms with Crippen molar-refractivity contribution in [2.45, 2.75) is 104 Å². The average Bonchev–Trinajstić information content (AvgIpc) is 3.15. The highest BCUT2D eigenvalue weighted by Gasteiger charge is 2.50. The lowest BCUT2D eigenvalue weighted by Gasteiger charge is -2.44. The molecule has 0 saturated heterocycles. The topological polar surface area (TPSA) is 38.7 Å². The molecule has 0 spiro atoms. The minimum absolute atomic E-state index is 0.236. The molecule has 3 saturated carbocycles. The van der Waals surface area contributed by atoms with Gasteiger partial charge in [-0.15, -0.1) is 0 Å². The van der Waals surface area contributed by atoms with Gasteiger partial charge in [0, 0.05) is 20.8 Å². The van der Waals surface area contributed by atoms with E-state index in [1.807, 2.05) is 14.2 Å². The lowest BCUT2D eigenvalue weighted by molar-refractivity contribution is 0.00500. The molecule has 0 aromatic heterocycles. The predicted octanol–water partition coefficient (Wildman–Crippen LogP) is 6.95. The molecule has 0 aliphatic heterocycles. The molecule has 0 aromatic carbocycles. The summed E-state index contributed by atoms with van der Waals surface area (Å²) in [6.45, 7) is 9.80. The van der Waals surface area contributed by atoms with Crippen LogP contribution in [0.5, 0.6) is 0 Å². The van der Waals surface area contributed by atoms with Crippen LogP contribution in [0.25, 0.3) is 0 Å². The van der Waals surface area contributed by atoms with Gasteiger partial charge in [-0.2, -0.15) is 0 Å². The Morgan fingerprint density at radius 2 is 1.91 bits per heavy atom. The third-order valence-electron chi connectivity index (χ3n) is 9.79. The van der Waals surface area contributed by atoms with Gasteiger partial charge in [0.15, 0.2) is 0 Å². The molecule has 32 heavy (non-hydrogen) atoms. The second kappa shape index (κ2) is 11.7. The highest BCUT2D eigenvalue weighted by Crippen LogP contribution is 2.60. The highest BCUT2D eigenvalue weighted by atomic mass is 16.5. The first-order valence-electron chi connectivity index (χ1n) is 13.4. The Morgan fingerprint density at radius 3 is 2.59 bits per heavy atom. The molecule has 0 radical (unpaired) electrons. The zero-order valence-electron chi connectivity index (χ0n) is 21.7. The lowest BCUT2D eigenvalue weighted by atomic mass is 9.60. The largest absolute Gasteiger partial charge is 0.396 e. The molecule has 3 fully saturated rings. The summed E-state index contributed by atoms with van der Waals surface area (Å²) in [4.78, 5) is 0. The van der Waals surface area contributed by atoms with Crippen molar-refractivity contribution in [2.24, 2.45) is 35.0 Å². The highest BCUT2D eigenvalue weighted by molar-refractivity contribution is 5.26. The molecule has 3 aliphatic rings. The molecule has 3 aliphatic carbocycles. The normalized spacial score (nSPS) is 39.9. The van der Waals surface area contributed by atoms with Gasteiger partial charge < -0.3 is 14.6 Å². The molecule has 4 unspecified atom stereocenters. The maximum Gasteiger partial charge on any atom is 0.0637 e. The summed E-state index contributed by atoms with van der Waals surface area (Å²) in [6, 6.07) is 0. The number of methoxy groups -OCH3 is 2. The number of allylic oxidation sites excluding steroid dienone is 3. The van der Waals surface area contributed by atoms with Gasteiger partial charge in [-0.05, 0) is 93.3 Å². The first-order chi connectivity index (χ1) is 15.3. The Balaban J connectivity index is 1.67. The van der Waals surface area contributed by atoms with Crippen molar-refractivity contribution < 1.29 is 14.6 Å². The third kappa shape index (κ3) is 5.70. The van der Waals surface area contributed by atoms with Gasteiger partial charge in [-0.3, -0.25) is 0 Å². The van der Waals surface area contributed by atoms with Gasteiger partial charge in [0.25, 0.3) is 0 Å². The van der Waals surface area contributed by atoms with E-state index in [1.54, 1.807) is 5.57 Å². The van der Waals surface area contributed by atoms with E-state index in [-0.39, 0.29) is 12.7 Å². The SMILES string of the molecule is COC(C)CCCC(C)C1CCC2/C(=C/C=C3/C[C@@H](CO)[C@@H](C)[C@H](OC)C3)CCC[C@@]21C. The van der Waals surface area contributed by atoms with Crippen molar-refractivity contribution in [3.05, 3.63) is 23.3 Å². The van der Waals surface area contributed by atoms with E-state index in [2.05, 4.69) is 39.8 Å². The van der Waals surface area contributed by atoms with Gasteiger partial charge in [0.05, 0.1) is 12.2 Å². The smallest absolute Gasteiger partial charge is 0.0637 e. The summed E-state index contributed by atoms with van der Waals surface area (Å²) in [5.74, 6) is 3.17. The van der Waals surface area contributed by atoms with Crippen LogP contribution in [0.2, 0.25) is 0 Å². The molecule has 3 heteroatoms. The van der Waals surface area contributed by atoms with Crippen LogP contribution in [0.15, 0.2) is 23.3 Å². The first kappa shape index (κ1) is 26.0. The Kier molecular flexibility index (Phi) is 9.47. The second-order valence-corrected chi connectivity index (χ2v) is 11.6. The molecule has 8 atom stereocenters. The van der Waals surface area contributed by atoms with Crippen molar-refractivity contribution in [2.75, 3.05) is 20.8 Å². The second-order valence-electron chi connectivity index (χ2n) is 11.6. The number of hydrogen-bond donors (Lipinski definition) is 1. The van der Waals surface area contributed by atoms with Gasteiger partial charge in [0.2, 0.25) is 0 Å². The summed E-state index contributed by atoms with van der Waals surface area (Å²) in [6.07, 6.45) is 18.1. The van der Waals surface area contributed by atoms with E-state index in [0.717, 1.165) is 30.6 Å². The van der Waals surface area contributed by atoms with E-state index < -0.39 is 0 Å². The van der Waals surface area contributed by atoms with Crippen molar-refractivity contribution >= 4 is 0 Å². The molecule has 0 amide bonds. The Hall–Kier alpha value is -0.640. The average molecular weight is 447 g/mol. The number of hydrogen-bond acceptors (Lipinski definition) is 3. The molecule has 1 N–H and O–H groups in total.